The van der Waals surface area contributed by atoms with E-state index < -0.39 is 23.1 Å². The number of carbonyl (C=O) groups excluding carboxylic acids is 1. The second-order valence-corrected chi connectivity index (χ2v) is 7.59. The number of aliphatic carboxylic acids is 1. The van der Waals surface area contributed by atoms with Crippen LogP contribution in [0.5, 0.6) is 0 Å². The summed E-state index contributed by atoms with van der Waals surface area (Å²) in [6, 6.07) is 0. The number of ether oxygens (including phenoxy) is 1. The number of carbonyl (C=O) groups is 2. The van der Waals surface area contributed by atoms with Crippen molar-refractivity contribution in [2.45, 2.75) is 46.6 Å². The lowest BCUT2D eigenvalue weighted by molar-refractivity contribution is -0.151. The summed E-state index contributed by atoms with van der Waals surface area (Å²) in [6.07, 6.45) is 1.38. The maximum atomic E-state index is 11.9. The lowest BCUT2D eigenvalue weighted by Gasteiger charge is -2.33. The Morgan fingerprint density at radius 2 is 2.05 bits per heavy atom. The minimum atomic E-state index is -1.09. The number of hydrogen-bond donors (Lipinski definition) is 2. The first kappa shape index (κ1) is 18.4. The molecule has 1 unspecified atom stereocenters. The van der Waals surface area contributed by atoms with E-state index in [1.165, 1.54) is 11.3 Å². The average Bonchev–Trinajstić information content (AvgIpc) is 2.84. The van der Waals surface area contributed by atoms with Gasteiger partial charge in [-0.1, -0.05) is 13.8 Å². The highest BCUT2D eigenvalue weighted by Gasteiger charge is 2.42. The first-order chi connectivity index (χ1) is 10.1. The Hall–Kier alpha value is -1.63. The molecule has 0 saturated heterocycles. The van der Waals surface area contributed by atoms with Crippen molar-refractivity contribution in [3.8, 4) is 0 Å². The van der Waals surface area contributed by atoms with Crippen LogP contribution < -0.4 is 5.32 Å². The number of nitrogens with zero attached hydrogens (tertiary/aromatic N) is 1. The highest BCUT2D eigenvalue weighted by molar-refractivity contribution is 7.09. The smallest absolute Gasteiger partial charge is 0.407 e. The third-order valence-corrected chi connectivity index (χ3v) is 4.23. The number of hydrogen-bond acceptors (Lipinski definition) is 5. The molecule has 0 aliphatic heterocycles. The van der Waals surface area contributed by atoms with E-state index >= 15 is 0 Å². The monoisotopic (exact) mass is 328 g/mol. The van der Waals surface area contributed by atoms with Gasteiger partial charge in [0, 0.05) is 24.0 Å². The number of amides is 1. The lowest BCUT2D eigenvalue weighted by atomic mass is 9.74. The highest BCUT2D eigenvalue weighted by Crippen LogP contribution is 2.33. The zero-order valence-electron chi connectivity index (χ0n) is 13.7. The Labute approximate surface area is 134 Å². The first-order valence-corrected chi connectivity index (χ1v) is 8.02. The third kappa shape index (κ3) is 4.98. The van der Waals surface area contributed by atoms with Crippen LogP contribution in [0.25, 0.3) is 0 Å². The van der Waals surface area contributed by atoms with Crippen LogP contribution in [0.3, 0.4) is 0 Å². The van der Waals surface area contributed by atoms with Gasteiger partial charge in [-0.25, -0.2) is 4.79 Å². The molecular weight excluding hydrogens is 304 g/mol. The zero-order valence-corrected chi connectivity index (χ0v) is 14.5. The quantitative estimate of drug-likeness (QED) is 0.838. The van der Waals surface area contributed by atoms with E-state index in [1.807, 2.05) is 13.8 Å². The fourth-order valence-electron chi connectivity index (χ4n) is 2.05. The van der Waals surface area contributed by atoms with Crippen LogP contribution in [0.2, 0.25) is 0 Å². The van der Waals surface area contributed by atoms with Gasteiger partial charge in [0.1, 0.15) is 5.60 Å². The summed E-state index contributed by atoms with van der Waals surface area (Å²) in [5.74, 6) is -1.10. The van der Waals surface area contributed by atoms with Crippen LogP contribution >= 0.6 is 11.3 Å². The molecule has 0 bridgehead atoms. The summed E-state index contributed by atoms with van der Waals surface area (Å²) in [5, 5.41) is 12.3. The van der Waals surface area contributed by atoms with Crippen LogP contribution in [0.4, 0.5) is 4.79 Å². The predicted molar refractivity (Wildman–Crippen MR) is 85.0 cm³/mol. The number of carboxylic acids is 1. The van der Waals surface area contributed by atoms with Crippen molar-refractivity contribution >= 4 is 23.4 Å². The molecule has 124 valence electrons. The first-order valence-electron chi connectivity index (χ1n) is 7.14. The topological polar surface area (TPSA) is 88.5 Å². The van der Waals surface area contributed by atoms with Crippen LogP contribution in [-0.4, -0.2) is 34.3 Å². The summed E-state index contributed by atoms with van der Waals surface area (Å²) >= 11 is 1.41. The number of nitrogens with one attached hydrogen (secondary N) is 1. The number of carboxylic acid groups (broad SMARTS) is 1. The molecule has 6 nitrogen and oxygen atoms in total. The molecule has 0 radical (unpaired) electrons. The van der Waals surface area contributed by atoms with Gasteiger partial charge in [-0.15, -0.1) is 11.3 Å². The molecule has 0 spiro atoms. The molecular formula is C15H24N2O4S. The van der Waals surface area contributed by atoms with Gasteiger partial charge < -0.3 is 15.2 Å². The van der Waals surface area contributed by atoms with Crippen molar-refractivity contribution in [3.63, 3.8) is 0 Å². The summed E-state index contributed by atoms with van der Waals surface area (Å²) in [5.41, 5.74) is -0.0432. The van der Waals surface area contributed by atoms with E-state index in [-0.39, 0.29) is 12.5 Å². The molecule has 1 amide bonds. The minimum absolute atomic E-state index is 0.00676. The largest absolute Gasteiger partial charge is 0.481 e. The van der Waals surface area contributed by atoms with E-state index in [2.05, 4.69) is 10.3 Å². The summed E-state index contributed by atoms with van der Waals surface area (Å²) < 4.78 is 5.18. The fourth-order valence-corrected chi connectivity index (χ4v) is 2.77. The number of thiazole rings is 1. The minimum Gasteiger partial charge on any atom is -0.481 e. The van der Waals surface area contributed by atoms with Crippen molar-refractivity contribution < 1.29 is 19.4 Å². The van der Waals surface area contributed by atoms with Crippen molar-refractivity contribution in [2.75, 3.05) is 6.54 Å². The molecule has 7 heteroatoms. The number of alkyl carbamates (subject to hydrolysis) is 1. The Kier molecular flexibility index (Phi) is 5.93. The second kappa shape index (κ2) is 7.09. The van der Waals surface area contributed by atoms with E-state index in [1.54, 1.807) is 32.5 Å². The van der Waals surface area contributed by atoms with Crippen molar-refractivity contribution in [2.24, 2.45) is 11.3 Å². The maximum Gasteiger partial charge on any atom is 0.407 e. The van der Waals surface area contributed by atoms with Gasteiger partial charge in [0.2, 0.25) is 0 Å². The van der Waals surface area contributed by atoms with Gasteiger partial charge >= 0.3 is 12.1 Å². The third-order valence-electron chi connectivity index (χ3n) is 3.45. The molecule has 1 aromatic heterocycles. The fraction of sp³-hybridized carbons (Fsp3) is 0.667. The van der Waals surface area contributed by atoms with Gasteiger partial charge in [-0.2, -0.15) is 0 Å². The Morgan fingerprint density at radius 1 is 1.41 bits per heavy atom. The molecule has 1 atom stereocenters. The second-order valence-electron chi connectivity index (χ2n) is 6.62. The van der Waals surface area contributed by atoms with E-state index in [9.17, 15) is 14.7 Å². The van der Waals surface area contributed by atoms with Crippen molar-refractivity contribution in [1.82, 2.24) is 10.3 Å². The van der Waals surface area contributed by atoms with Crippen molar-refractivity contribution in [1.29, 1.82) is 0 Å². The van der Waals surface area contributed by atoms with Crippen molar-refractivity contribution in [3.05, 3.63) is 16.6 Å². The van der Waals surface area contributed by atoms with Crippen LogP contribution in [0.15, 0.2) is 11.7 Å². The summed E-state index contributed by atoms with van der Waals surface area (Å²) in [7, 11) is 0. The van der Waals surface area contributed by atoms with Crippen LogP contribution in [0.1, 0.15) is 39.5 Å². The highest BCUT2D eigenvalue weighted by atomic mass is 32.1. The molecule has 0 aliphatic carbocycles. The molecule has 0 aromatic carbocycles. The molecule has 0 saturated carbocycles. The lowest BCUT2D eigenvalue weighted by Crippen LogP contribution is -2.49. The molecule has 1 heterocycles. The van der Waals surface area contributed by atoms with Gasteiger partial charge in [-0.3, -0.25) is 9.78 Å². The molecule has 0 fully saturated rings. The summed E-state index contributed by atoms with van der Waals surface area (Å²) in [4.78, 5) is 28.6. The van der Waals surface area contributed by atoms with Gasteiger partial charge in [0.25, 0.3) is 0 Å². The molecule has 2 N–H and O–H groups in total. The van der Waals surface area contributed by atoms with E-state index in [4.69, 9.17) is 4.74 Å². The molecule has 0 aliphatic rings. The van der Waals surface area contributed by atoms with Crippen LogP contribution in [-0.2, 0) is 16.0 Å². The zero-order chi connectivity index (χ0) is 17.0. The number of rotatable bonds is 6. The van der Waals surface area contributed by atoms with Gasteiger partial charge in [0.05, 0.1) is 10.9 Å². The molecule has 1 aromatic rings. The Balaban J connectivity index is 2.87. The normalized spacial score (nSPS) is 14.5. The standard InChI is InChI=1S/C15H24N2O4S/c1-10(2)15(12(18)19,6-11-7-16-9-22-11)8-17-13(20)21-14(3,4)5/h7,9-10H,6,8H2,1-5H3,(H,17,20)(H,18,19). The van der Waals surface area contributed by atoms with E-state index in [0.717, 1.165) is 4.88 Å². The number of aromatic nitrogens is 1. The predicted octanol–water partition coefficient (Wildman–Crippen LogP) is 2.94. The van der Waals surface area contributed by atoms with E-state index in [0.29, 0.717) is 6.42 Å². The Bertz CT molecular complexity index is 508. The molecule has 22 heavy (non-hydrogen) atoms. The maximum absolute atomic E-state index is 11.9. The molecule has 1 rings (SSSR count). The Morgan fingerprint density at radius 3 is 2.45 bits per heavy atom. The summed E-state index contributed by atoms with van der Waals surface area (Å²) in [6.45, 7) is 8.97. The van der Waals surface area contributed by atoms with Gasteiger partial charge in [0.15, 0.2) is 0 Å². The average molecular weight is 328 g/mol. The SMILES string of the molecule is CC(C)C(CNC(=O)OC(C)(C)C)(Cc1cncs1)C(=O)O. The van der Waals surface area contributed by atoms with Gasteiger partial charge in [-0.05, 0) is 26.7 Å². The van der Waals surface area contributed by atoms with Crippen LogP contribution in [0, 0.1) is 11.3 Å².